The Kier molecular flexibility index (Phi) is 3.17. The van der Waals surface area contributed by atoms with Crippen LogP contribution in [0.5, 0.6) is 11.5 Å². The first-order valence-electron chi connectivity index (χ1n) is 5.00. The van der Waals surface area contributed by atoms with Gasteiger partial charge in [-0.2, -0.15) is 0 Å². The Morgan fingerprint density at radius 2 is 2.33 bits per heavy atom. The number of ether oxygens (including phenoxy) is 1. The van der Waals surface area contributed by atoms with E-state index in [9.17, 15) is 5.11 Å². The van der Waals surface area contributed by atoms with Crippen molar-refractivity contribution in [3.63, 3.8) is 0 Å². The monoisotopic (exact) mass is 271 g/mol. The number of rotatable bonds is 2. The second-order valence-electron chi connectivity index (χ2n) is 3.70. The molecular weight excluding hydrogens is 258 g/mol. The molecule has 1 aromatic carbocycles. The lowest BCUT2D eigenvalue weighted by Crippen LogP contribution is -2.09. The molecule has 0 aliphatic carbocycles. The van der Waals surface area contributed by atoms with Crippen molar-refractivity contribution in [3.8, 4) is 11.5 Å². The molecule has 0 saturated carbocycles. The van der Waals surface area contributed by atoms with Crippen molar-refractivity contribution in [1.82, 2.24) is 5.32 Å². The molecule has 1 saturated heterocycles. The maximum absolute atomic E-state index is 9.71. The molecule has 1 fully saturated rings. The summed E-state index contributed by atoms with van der Waals surface area (Å²) in [4.78, 5) is 0. The lowest BCUT2D eigenvalue weighted by atomic mass is 9.97. The van der Waals surface area contributed by atoms with E-state index in [1.807, 2.05) is 6.07 Å². The average Bonchev–Trinajstić information content (AvgIpc) is 2.74. The standard InChI is InChI=1S/C11H14BrNO2/c1-15-11-9(14)3-2-8(12)10(11)7-4-5-13-6-7/h2-3,7,13-14H,4-6H2,1H3. The van der Waals surface area contributed by atoms with Crippen LogP contribution >= 0.6 is 15.9 Å². The smallest absolute Gasteiger partial charge is 0.165 e. The Balaban J connectivity index is 2.46. The summed E-state index contributed by atoms with van der Waals surface area (Å²) in [7, 11) is 1.59. The molecule has 4 heteroatoms. The van der Waals surface area contributed by atoms with E-state index >= 15 is 0 Å². The van der Waals surface area contributed by atoms with Gasteiger partial charge in [0.15, 0.2) is 11.5 Å². The van der Waals surface area contributed by atoms with Gasteiger partial charge >= 0.3 is 0 Å². The second kappa shape index (κ2) is 4.41. The van der Waals surface area contributed by atoms with Gasteiger partial charge in [-0.25, -0.2) is 0 Å². The van der Waals surface area contributed by atoms with E-state index in [4.69, 9.17) is 4.74 Å². The molecule has 1 aliphatic rings. The van der Waals surface area contributed by atoms with E-state index in [0.717, 1.165) is 29.5 Å². The first kappa shape index (κ1) is 10.8. The highest BCUT2D eigenvalue weighted by Crippen LogP contribution is 2.41. The van der Waals surface area contributed by atoms with Crippen LogP contribution in [0.4, 0.5) is 0 Å². The zero-order valence-electron chi connectivity index (χ0n) is 8.59. The summed E-state index contributed by atoms with van der Waals surface area (Å²) in [6.07, 6.45) is 1.08. The van der Waals surface area contributed by atoms with Crippen molar-refractivity contribution >= 4 is 15.9 Å². The number of hydrogen-bond donors (Lipinski definition) is 2. The fraction of sp³-hybridized carbons (Fsp3) is 0.455. The van der Waals surface area contributed by atoms with Gasteiger partial charge in [-0.3, -0.25) is 0 Å². The number of phenols is 1. The van der Waals surface area contributed by atoms with Gasteiger partial charge in [0.1, 0.15) is 0 Å². The quantitative estimate of drug-likeness (QED) is 0.867. The van der Waals surface area contributed by atoms with E-state index in [2.05, 4.69) is 21.2 Å². The first-order chi connectivity index (χ1) is 7.24. The van der Waals surface area contributed by atoms with Crippen molar-refractivity contribution in [3.05, 3.63) is 22.2 Å². The molecule has 2 rings (SSSR count). The summed E-state index contributed by atoms with van der Waals surface area (Å²) in [5, 5.41) is 13.0. The van der Waals surface area contributed by atoms with Crippen LogP contribution in [0.3, 0.4) is 0 Å². The number of methoxy groups -OCH3 is 1. The molecule has 0 bridgehead atoms. The number of phenolic OH excluding ortho intramolecular Hbond substituents is 1. The normalized spacial score (nSPS) is 20.5. The van der Waals surface area contributed by atoms with Crippen molar-refractivity contribution in [2.24, 2.45) is 0 Å². The number of hydrogen-bond acceptors (Lipinski definition) is 3. The van der Waals surface area contributed by atoms with Crippen LogP contribution in [-0.4, -0.2) is 25.3 Å². The number of benzene rings is 1. The van der Waals surface area contributed by atoms with Crippen molar-refractivity contribution in [2.75, 3.05) is 20.2 Å². The summed E-state index contributed by atoms with van der Waals surface area (Å²) in [5.41, 5.74) is 1.07. The molecule has 0 amide bonds. The molecule has 1 heterocycles. The van der Waals surface area contributed by atoms with Gasteiger partial charge in [-0.15, -0.1) is 0 Å². The number of halogens is 1. The van der Waals surface area contributed by atoms with Gasteiger partial charge in [-0.1, -0.05) is 15.9 Å². The molecule has 1 aliphatic heterocycles. The Labute approximate surface area is 97.6 Å². The summed E-state index contributed by atoms with van der Waals surface area (Å²) in [6.45, 7) is 1.97. The Bertz CT molecular complexity index is 362. The predicted octanol–water partition coefficient (Wildman–Crippen LogP) is 2.24. The third kappa shape index (κ3) is 1.96. The minimum absolute atomic E-state index is 0.211. The van der Waals surface area contributed by atoms with Crippen LogP contribution in [0.15, 0.2) is 16.6 Å². The summed E-state index contributed by atoms with van der Waals surface area (Å²) in [6, 6.07) is 3.51. The molecule has 15 heavy (non-hydrogen) atoms. The average molecular weight is 272 g/mol. The summed E-state index contributed by atoms with van der Waals surface area (Å²) >= 11 is 3.51. The van der Waals surface area contributed by atoms with Crippen LogP contribution in [0.25, 0.3) is 0 Å². The van der Waals surface area contributed by atoms with E-state index in [1.54, 1.807) is 13.2 Å². The molecular formula is C11H14BrNO2. The van der Waals surface area contributed by atoms with E-state index < -0.39 is 0 Å². The molecule has 1 unspecified atom stereocenters. The summed E-state index contributed by atoms with van der Waals surface area (Å²) < 4.78 is 6.27. The highest BCUT2D eigenvalue weighted by atomic mass is 79.9. The molecule has 3 nitrogen and oxygen atoms in total. The van der Waals surface area contributed by atoms with Crippen molar-refractivity contribution < 1.29 is 9.84 Å². The maximum Gasteiger partial charge on any atom is 0.165 e. The molecule has 1 aromatic rings. The molecule has 0 radical (unpaired) electrons. The van der Waals surface area contributed by atoms with Gasteiger partial charge < -0.3 is 15.2 Å². The SMILES string of the molecule is COc1c(O)ccc(Br)c1C1CCNC1. The fourth-order valence-corrected chi connectivity index (χ4v) is 2.70. The molecule has 0 aromatic heterocycles. The Hall–Kier alpha value is -0.740. The Morgan fingerprint density at radius 3 is 2.93 bits per heavy atom. The highest BCUT2D eigenvalue weighted by Gasteiger charge is 2.24. The molecule has 82 valence electrons. The van der Waals surface area contributed by atoms with E-state index in [-0.39, 0.29) is 5.75 Å². The lowest BCUT2D eigenvalue weighted by Gasteiger charge is -2.16. The second-order valence-corrected chi connectivity index (χ2v) is 4.56. The third-order valence-corrected chi connectivity index (χ3v) is 3.49. The van der Waals surface area contributed by atoms with E-state index in [0.29, 0.717) is 11.7 Å². The van der Waals surface area contributed by atoms with Crippen molar-refractivity contribution in [1.29, 1.82) is 0 Å². The number of nitrogens with one attached hydrogen (secondary N) is 1. The van der Waals surface area contributed by atoms with Crippen LogP contribution in [0, 0.1) is 0 Å². The third-order valence-electron chi connectivity index (χ3n) is 2.79. The fourth-order valence-electron chi connectivity index (χ4n) is 2.06. The summed E-state index contributed by atoms with van der Waals surface area (Å²) in [5.74, 6) is 1.22. The van der Waals surface area contributed by atoms with Gasteiger partial charge in [-0.05, 0) is 25.1 Å². The van der Waals surface area contributed by atoms with Crippen LogP contribution in [0.1, 0.15) is 17.9 Å². The van der Waals surface area contributed by atoms with Crippen LogP contribution in [0.2, 0.25) is 0 Å². The maximum atomic E-state index is 9.71. The van der Waals surface area contributed by atoms with Gasteiger partial charge in [0.25, 0.3) is 0 Å². The largest absolute Gasteiger partial charge is 0.504 e. The van der Waals surface area contributed by atoms with Crippen LogP contribution in [-0.2, 0) is 0 Å². The zero-order chi connectivity index (χ0) is 10.8. The van der Waals surface area contributed by atoms with Crippen molar-refractivity contribution in [2.45, 2.75) is 12.3 Å². The number of aromatic hydroxyl groups is 1. The zero-order valence-corrected chi connectivity index (χ0v) is 10.2. The minimum Gasteiger partial charge on any atom is -0.504 e. The topological polar surface area (TPSA) is 41.5 Å². The Morgan fingerprint density at radius 1 is 1.53 bits per heavy atom. The molecule has 0 spiro atoms. The molecule has 1 atom stereocenters. The first-order valence-corrected chi connectivity index (χ1v) is 5.79. The van der Waals surface area contributed by atoms with Gasteiger partial charge in [0.2, 0.25) is 0 Å². The van der Waals surface area contributed by atoms with Gasteiger partial charge in [0, 0.05) is 22.5 Å². The van der Waals surface area contributed by atoms with Crippen LogP contribution < -0.4 is 10.1 Å². The highest BCUT2D eigenvalue weighted by molar-refractivity contribution is 9.10. The molecule has 2 N–H and O–H groups in total. The van der Waals surface area contributed by atoms with Gasteiger partial charge in [0.05, 0.1) is 7.11 Å². The minimum atomic E-state index is 0.211. The lowest BCUT2D eigenvalue weighted by molar-refractivity contribution is 0.366. The predicted molar refractivity (Wildman–Crippen MR) is 62.6 cm³/mol. The van der Waals surface area contributed by atoms with E-state index in [1.165, 1.54) is 0 Å².